The van der Waals surface area contributed by atoms with Crippen LogP contribution in [0, 0.1) is 0 Å². The summed E-state index contributed by atoms with van der Waals surface area (Å²) in [5, 5.41) is 0.895. The van der Waals surface area contributed by atoms with Gasteiger partial charge in [0.2, 0.25) is 0 Å². The highest BCUT2D eigenvalue weighted by Gasteiger charge is 2.23. The van der Waals surface area contributed by atoms with Gasteiger partial charge in [-0.25, -0.2) is 0 Å². The second kappa shape index (κ2) is 6.21. The van der Waals surface area contributed by atoms with Crippen LogP contribution in [0.25, 0.3) is 0 Å². The van der Waals surface area contributed by atoms with Crippen molar-refractivity contribution in [3.05, 3.63) is 28.2 Å². The van der Waals surface area contributed by atoms with Crippen molar-refractivity contribution in [1.82, 2.24) is 0 Å². The standard InChI is InChI=1S/C13H17Br2NO/c1-2-11-9-17-6-5-16(11)13-4-3-10(8-14)7-12(13)15/h3-4,7,11H,2,5-6,8-9H2,1H3. The Kier molecular flexibility index (Phi) is 4.88. The first-order valence-corrected chi connectivity index (χ1v) is 7.86. The Morgan fingerprint density at radius 1 is 1.47 bits per heavy atom. The van der Waals surface area contributed by atoms with Gasteiger partial charge in [0.25, 0.3) is 0 Å². The smallest absolute Gasteiger partial charge is 0.0670 e. The Morgan fingerprint density at radius 3 is 2.94 bits per heavy atom. The summed E-state index contributed by atoms with van der Waals surface area (Å²) < 4.78 is 6.72. The molecule has 1 fully saturated rings. The number of benzene rings is 1. The molecule has 1 saturated heterocycles. The van der Waals surface area contributed by atoms with E-state index in [9.17, 15) is 0 Å². The molecule has 1 aliphatic heterocycles. The lowest BCUT2D eigenvalue weighted by Crippen LogP contribution is -2.45. The number of ether oxygens (including phenoxy) is 1. The van der Waals surface area contributed by atoms with Gasteiger partial charge in [0, 0.05) is 16.3 Å². The highest BCUT2D eigenvalue weighted by molar-refractivity contribution is 9.10. The molecule has 1 aliphatic rings. The molecule has 1 unspecified atom stereocenters. The molecule has 0 N–H and O–H groups in total. The van der Waals surface area contributed by atoms with E-state index in [1.54, 1.807) is 0 Å². The second-order valence-corrected chi connectivity index (χ2v) is 5.66. The summed E-state index contributed by atoms with van der Waals surface area (Å²) in [6.45, 7) is 4.85. The van der Waals surface area contributed by atoms with E-state index < -0.39 is 0 Å². The molecule has 1 aromatic carbocycles. The number of morpholine rings is 1. The zero-order valence-corrected chi connectivity index (χ0v) is 13.1. The molecule has 1 heterocycles. The van der Waals surface area contributed by atoms with Crippen LogP contribution in [-0.4, -0.2) is 25.8 Å². The molecular weight excluding hydrogens is 346 g/mol. The fraction of sp³-hybridized carbons (Fsp3) is 0.538. The highest BCUT2D eigenvalue weighted by Crippen LogP contribution is 2.31. The predicted molar refractivity (Wildman–Crippen MR) is 79.0 cm³/mol. The summed E-state index contributed by atoms with van der Waals surface area (Å²) in [6.07, 6.45) is 1.12. The zero-order valence-electron chi connectivity index (χ0n) is 9.96. The molecule has 0 aromatic heterocycles. The molecule has 1 atom stereocenters. The fourth-order valence-corrected chi connectivity index (χ4v) is 3.18. The van der Waals surface area contributed by atoms with Crippen LogP contribution in [0.4, 0.5) is 5.69 Å². The van der Waals surface area contributed by atoms with Gasteiger partial charge in [0.1, 0.15) is 0 Å². The number of rotatable bonds is 3. The first kappa shape index (κ1) is 13.4. The van der Waals surface area contributed by atoms with Gasteiger partial charge in [-0.15, -0.1) is 0 Å². The summed E-state index contributed by atoms with van der Waals surface area (Å²) >= 11 is 7.16. The molecule has 0 saturated carbocycles. The minimum Gasteiger partial charge on any atom is -0.377 e. The lowest BCUT2D eigenvalue weighted by atomic mass is 10.1. The van der Waals surface area contributed by atoms with E-state index in [-0.39, 0.29) is 0 Å². The Balaban J connectivity index is 2.25. The van der Waals surface area contributed by atoms with Gasteiger partial charge in [-0.2, -0.15) is 0 Å². The molecule has 2 nitrogen and oxygen atoms in total. The third kappa shape index (κ3) is 3.04. The molecule has 1 aromatic rings. The average Bonchev–Trinajstić information content (AvgIpc) is 2.38. The van der Waals surface area contributed by atoms with Crippen LogP contribution >= 0.6 is 31.9 Å². The predicted octanol–water partition coefficient (Wildman–Crippen LogP) is 3.96. The van der Waals surface area contributed by atoms with Crippen molar-refractivity contribution < 1.29 is 4.74 Å². The maximum atomic E-state index is 5.55. The van der Waals surface area contributed by atoms with E-state index in [1.807, 2.05) is 0 Å². The van der Waals surface area contributed by atoms with Gasteiger partial charge in [-0.3, -0.25) is 0 Å². The van der Waals surface area contributed by atoms with E-state index in [0.29, 0.717) is 6.04 Å². The molecule has 0 aliphatic carbocycles. The molecule has 2 rings (SSSR count). The topological polar surface area (TPSA) is 12.5 Å². The second-order valence-electron chi connectivity index (χ2n) is 4.25. The largest absolute Gasteiger partial charge is 0.377 e. The van der Waals surface area contributed by atoms with E-state index in [4.69, 9.17) is 4.74 Å². The highest BCUT2D eigenvalue weighted by atomic mass is 79.9. The van der Waals surface area contributed by atoms with Crippen molar-refractivity contribution in [2.75, 3.05) is 24.7 Å². The Hall–Kier alpha value is -0.0600. The molecule has 0 spiro atoms. The summed E-state index contributed by atoms with van der Waals surface area (Å²) in [5.41, 5.74) is 2.58. The number of alkyl halides is 1. The SMILES string of the molecule is CCC1COCCN1c1ccc(CBr)cc1Br. The van der Waals surface area contributed by atoms with Gasteiger partial charge >= 0.3 is 0 Å². The minimum absolute atomic E-state index is 0.495. The molecular formula is C13H17Br2NO. The number of halogens is 2. The van der Waals surface area contributed by atoms with Crippen molar-refractivity contribution in [1.29, 1.82) is 0 Å². The molecule has 0 radical (unpaired) electrons. The van der Waals surface area contributed by atoms with Crippen molar-refractivity contribution in [2.45, 2.75) is 24.7 Å². The van der Waals surface area contributed by atoms with Crippen LogP contribution in [0.3, 0.4) is 0 Å². The maximum absolute atomic E-state index is 5.55. The van der Waals surface area contributed by atoms with Crippen LogP contribution in [0.2, 0.25) is 0 Å². The van der Waals surface area contributed by atoms with E-state index in [2.05, 4.69) is 61.9 Å². The normalized spacial score (nSPS) is 20.6. The van der Waals surface area contributed by atoms with Crippen LogP contribution < -0.4 is 4.90 Å². The van der Waals surface area contributed by atoms with Gasteiger partial charge in [0.15, 0.2) is 0 Å². The Bertz CT molecular complexity index is 384. The lowest BCUT2D eigenvalue weighted by Gasteiger charge is -2.37. The van der Waals surface area contributed by atoms with Crippen molar-refractivity contribution in [2.24, 2.45) is 0 Å². The van der Waals surface area contributed by atoms with Crippen LogP contribution in [0.1, 0.15) is 18.9 Å². The number of nitrogens with zero attached hydrogens (tertiary/aromatic N) is 1. The minimum atomic E-state index is 0.495. The van der Waals surface area contributed by atoms with Gasteiger partial charge in [-0.05, 0) is 40.0 Å². The third-order valence-corrected chi connectivity index (χ3v) is 4.46. The Labute approximate surface area is 120 Å². The quantitative estimate of drug-likeness (QED) is 0.754. The van der Waals surface area contributed by atoms with Gasteiger partial charge < -0.3 is 9.64 Å². The van der Waals surface area contributed by atoms with E-state index in [0.717, 1.165) is 31.5 Å². The van der Waals surface area contributed by atoms with Gasteiger partial charge in [-0.1, -0.05) is 28.9 Å². The van der Waals surface area contributed by atoms with Gasteiger partial charge in [0.05, 0.1) is 24.9 Å². The van der Waals surface area contributed by atoms with E-state index >= 15 is 0 Å². The first-order valence-electron chi connectivity index (χ1n) is 5.95. The Morgan fingerprint density at radius 2 is 2.29 bits per heavy atom. The average molecular weight is 363 g/mol. The van der Waals surface area contributed by atoms with Crippen molar-refractivity contribution in [3.63, 3.8) is 0 Å². The van der Waals surface area contributed by atoms with Crippen molar-refractivity contribution in [3.8, 4) is 0 Å². The van der Waals surface area contributed by atoms with Crippen LogP contribution in [0.5, 0.6) is 0 Å². The first-order chi connectivity index (χ1) is 8.26. The summed E-state index contributed by atoms with van der Waals surface area (Å²) in [6, 6.07) is 7.06. The lowest BCUT2D eigenvalue weighted by molar-refractivity contribution is 0.0929. The maximum Gasteiger partial charge on any atom is 0.0670 e. The molecule has 17 heavy (non-hydrogen) atoms. The summed E-state index contributed by atoms with van der Waals surface area (Å²) in [4.78, 5) is 2.45. The fourth-order valence-electron chi connectivity index (χ4n) is 2.18. The monoisotopic (exact) mass is 361 g/mol. The summed E-state index contributed by atoms with van der Waals surface area (Å²) in [7, 11) is 0. The molecule has 0 bridgehead atoms. The molecule has 0 amide bonds. The molecule has 94 valence electrons. The third-order valence-electron chi connectivity index (χ3n) is 3.17. The van der Waals surface area contributed by atoms with E-state index in [1.165, 1.54) is 15.7 Å². The summed E-state index contributed by atoms with van der Waals surface area (Å²) in [5.74, 6) is 0. The zero-order chi connectivity index (χ0) is 12.3. The molecule has 4 heteroatoms. The number of hydrogen-bond donors (Lipinski definition) is 0. The number of hydrogen-bond acceptors (Lipinski definition) is 2. The number of anilines is 1. The van der Waals surface area contributed by atoms with Crippen LogP contribution in [-0.2, 0) is 10.1 Å². The van der Waals surface area contributed by atoms with Crippen molar-refractivity contribution >= 4 is 37.5 Å². The van der Waals surface area contributed by atoms with Crippen LogP contribution in [0.15, 0.2) is 22.7 Å².